The van der Waals surface area contributed by atoms with Gasteiger partial charge in [0.25, 0.3) is 11.8 Å². The van der Waals surface area contributed by atoms with E-state index >= 15 is 0 Å². The summed E-state index contributed by atoms with van der Waals surface area (Å²) >= 11 is 1.50. The summed E-state index contributed by atoms with van der Waals surface area (Å²) in [7, 11) is 0. The molecule has 4 aromatic rings. The van der Waals surface area contributed by atoms with Gasteiger partial charge in [-0.25, -0.2) is 4.98 Å². The van der Waals surface area contributed by atoms with Crippen molar-refractivity contribution in [1.82, 2.24) is 25.0 Å². The Balaban J connectivity index is 1.69. The second kappa shape index (κ2) is 10.8. The van der Waals surface area contributed by atoms with Crippen LogP contribution in [-0.4, -0.2) is 43.9 Å². The number of carbonyl (C=O) groups is 2. The van der Waals surface area contributed by atoms with Crippen molar-refractivity contribution in [2.75, 3.05) is 6.61 Å². The van der Waals surface area contributed by atoms with E-state index in [0.29, 0.717) is 41.5 Å². The number of nitrogens with one attached hydrogen (secondary N) is 2. The summed E-state index contributed by atoms with van der Waals surface area (Å²) in [5.74, 6) is -0.329. The van der Waals surface area contributed by atoms with E-state index < -0.39 is 0 Å². The van der Waals surface area contributed by atoms with E-state index in [1.165, 1.54) is 11.3 Å². The first-order valence-electron chi connectivity index (χ1n) is 11.5. The van der Waals surface area contributed by atoms with E-state index in [1.54, 1.807) is 28.9 Å². The van der Waals surface area contributed by atoms with Crippen molar-refractivity contribution < 1.29 is 14.7 Å². The van der Waals surface area contributed by atoms with Crippen molar-refractivity contribution in [3.8, 4) is 11.3 Å². The van der Waals surface area contributed by atoms with Crippen molar-refractivity contribution in [3.05, 3.63) is 76.0 Å². The van der Waals surface area contributed by atoms with Gasteiger partial charge in [-0.2, -0.15) is 11.3 Å². The average Bonchev–Trinajstić information content (AvgIpc) is 3.50. The van der Waals surface area contributed by atoms with Crippen LogP contribution in [0.15, 0.2) is 53.5 Å². The van der Waals surface area contributed by atoms with Crippen LogP contribution in [0.25, 0.3) is 16.9 Å². The van der Waals surface area contributed by atoms with Crippen LogP contribution < -0.4 is 10.6 Å². The molecule has 0 saturated carbocycles. The zero-order chi connectivity index (χ0) is 24.9. The molecule has 3 N–H and O–H groups in total. The van der Waals surface area contributed by atoms with Crippen molar-refractivity contribution in [3.63, 3.8) is 0 Å². The Labute approximate surface area is 208 Å². The Hall–Kier alpha value is -3.56. The number of imidazole rings is 1. The van der Waals surface area contributed by atoms with Gasteiger partial charge in [-0.15, -0.1) is 0 Å². The third kappa shape index (κ3) is 5.58. The summed E-state index contributed by atoms with van der Waals surface area (Å²) < 4.78 is 1.65. The van der Waals surface area contributed by atoms with E-state index in [2.05, 4.69) is 15.6 Å². The molecule has 0 aliphatic rings. The van der Waals surface area contributed by atoms with E-state index in [0.717, 1.165) is 16.8 Å². The van der Waals surface area contributed by atoms with Gasteiger partial charge < -0.3 is 15.7 Å². The highest BCUT2D eigenvalue weighted by molar-refractivity contribution is 7.08. The molecule has 0 aliphatic carbocycles. The maximum absolute atomic E-state index is 13.4. The number of hydrogen-bond acceptors (Lipinski definition) is 6. The second-order valence-electron chi connectivity index (χ2n) is 8.91. The number of fused-ring (bicyclic) bond motifs is 1. The Morgan fingerprint density at radius 1 is 1.17 bits per heavy atom. The van der Waals surface area contributed by atoms with Crippen molar-refractivity contribution in [2.24, 2.45) is 5.92 Å². The molecule has 0 radical (unpaired) electrons. The molecule has 0 saturated heterocycles. The fraction of sp³-hybridized carbons (Fsp3) is 0.308. The summed E-state index contributed by atoms with van der Waals surface area (Å²) in [5.41, 5.74) is 4.17. The van der Waals surface area contributed by atoms with Crippen LogP contribution in [0.1, 0.15) is 52.4 Å². The monoisotopic (exact) mass is 491 g/mol. The van der Waals surface area contributed by atoms with Crippen LogP contribution in [0.4, 0.5) is 0 Å². The quantitative estimate of drug-likeness (QED) is 0.330. The number of nitrogens with zero attached hydrogens (tertiary/aromatic N) is 3. The SMILES string of the molecule is Cc1ccc(CNC(=O)c2cccn3c(C(=O)N[C@H](CO)CC(C)C)c(-c4ccsc4)nc23)cn1. The van der Waals surface area contributed by atoms with Gasteiger partial charge in [0, 0.05) is 35.6 Å². The van der Waals surface area contributed by atoms with Gasteiger partial charge in [-0.3, -0.25) is 19.0 Å². The first-order valence-corrected chi connectivity index (χ1v) is 12.5. The molecule has 4 aromatic heterocycles. The third-order valence-electron chi connectivity index (χ3n) is 5.64. The van der Waals surface area contributed by atoms with Gasteiger partial charge in [-0.1, -0.05) is 19.9 Å². The molecule has 0 unspecified atom stereocenters. The predicted molar refractivity (Wildman–Crippen MR) is 136 cm³/mol. The number of amides is 2. The molecule has 0 aliphatic heterocycles. The summed E-state index contributed by atoms with van der Waals surface area (Å²) in [4.78, 5) is 35.5. The summed E-state index contributed by atoms with van der Waals surface area (Å²) in [5, 5.41) is 19.5. The molecule has 0 bridgehead atoms. The van der Waals surface area contributed by atoms with Crippen molar-refractivity contribution >= 4 is 28.8 Å². The summed E-state index contributed by atoms with van der Waals surface area (Å²) in [6, 6.07) is 8.75. The van der Waals surface area contributed by atoms with Gasteiger partial charge in [0.2, 0.25) is 0 Å². The maximum atomic E-state index is 13.4. The van der Waals surface area contributed by atoms with Gasteiger partial charge in [-0.05, 0) is 54.5 Å². The molecule has 2 amide bonds. The minimum Gasteiger partial charge on any atom is -0.394 e. The molecule has 9 heteroatoms. The first kappa shape index (κ1) is 24.6. The number of hydrogen-bond donors (Lipinski definition) is 3. The lowest BCUT2D eigenvalue weighted by Gasteiger charge is -2.18. The molecule has 4 heterocycles. The lowest BCUT2D eigenvalue weighted by atomic mass is 10.0. The van der Waals surface area contributed by atoms with Gasteiger partial charge >= 0.3 is 0 Å². The average molecular weight is 492 g/mol. The number of aliphatic hydroxyl groups excluding tert-OH is 1. The van der Waals surface area contributed by atoms with Crippen LogP contribution >= 0.6 is 11.3 Å². The fourth-order valence-corrected chi connectivity index (χ4v) is 4.59. The third-order valence-corrected chi connectivity index (χ3v) is 6.32. The topological polar surface area (TPSA) is 109 Å². The highest BCUT2D eigenvalue weighted by Gasteiger charge is 2.25. The van der Waals surface area contributed by atoms with Crippen LogP contribution in [0, 0.1) is 12.8 Å². The van der Waals surface area contributed by atoms with E-state index in [-0.39, 0.29) is 24.5 Å². The Bertz CT molecular complexity index is 1310. The molecular formula is C26H29N5O3S. The van der Waals surface area contributed by atoms with Crippen molar-refractivity contribution in [2.45, 2.75) is 39.8 Å². The van der Waals surface area contributed by atoms with Crippen LogP contribution in [0.5, 0.6) is 0 Å². The van der Waals surface area contributed by atoms with E-state index in [9.17, 15) is 14.7 Å². The molecule has 0 fully saturated rings. The van der Waals surface area contributed by atoms with E-state index in [1.807, 2.05) is 49.7 Å². The highest BCUT2D eigenvalue weighted by Crippen LogP contribution is 2.28. The van der Waals surface area contributed by atoms with Gasteiger partial charge in [0.15, 0.2) is 5.65 Å². The fourth-order valence-electron chi connectivity index (χ4n) is 3.94. The molecular weight excluding hydrogens is 462 g/mol. The minimum absolute atomic E-state index is 0.157. The van der Waals surface area contributed by atoms with Crippen LogP contribution in [-0.2, 0) is 6.54 Å². The smallest absolute Gasteiger partial charge is 0.270 e. The van der Waals surface area contributed by atoms with Crippen LogP contribution in [0.3, 0.4) is 0 Å². The van der Waals surface area contributed by atoms with E-state index in [4.69, 9.17) is 4.98 Å². The normalized spacial score (nSPS) is 12.1. The maximum Gasteiger partial charge on any atom is 0.270 e. The van der Waals surface area contributed by atoms with Crippen LogP contribution in [0.2, 0.25) is 0 Å². The standard InChI is InChI=1S/C26H29N5O3S/c1-16(2)11-20(14-32)29-26(34)23-22(19-8-10-35-15-19)30-24-21(5-4-9-31(23)24)25(33)28-13-18-7-6-17(3)27-12-18/h4-10,12,15-16,20,32H,11,13-14H2,1-3H3,(H,28,33)(H,29,34)/t20-/m0/s1. The number of aryl methyl sites for hydroxylation is 1. The molecule has 8 nitrogen and oxygen atoms in total. The molecule has 35 heavy (non-hydrogen) atoms. The highest BCUT2D eigenvalue weighted by atomic mass is 32.1. The predicted octanol–water partition coefficient (Wildman–Crippen LogP) is 3.83. The number of thiophene rings is 1. The number of pyridine rings is 2. The summed E-state index contributed by atoms with van der Waals surface area (Å²) in [6.45, 7) is 6.16. The number of carbonyl (C=O) groups excluding carboxylic acids is 2. The molecule has 0 spiro atoms. The summed E-state index contributed by atoms with van der Waals surface area (Å²) in [6.07, 6.45) is 4.11. The molecule has 0 aromatic carbocycles. The Morgan fingerprint density at radius 2 is 2.00 bits per heavy atom. The lowest BCUT2D eigenvalue weighted by Crippen LogP contribution is -2.39. The number of aromatic nitrogens is 3. The molecule has 1 atom stereocenters. The Morgan fingerprint density at radius 3 is 2.66 bits per heavy atom. The number of aliphatic hydroxyl groups is 1. The van der Waals surface area contributed by atoms with Gasteiger partial charge in [0.05, 0.1) is 18.2 Å². The zero-order valence-corrected chi connectivity index (χ0v) is 20.8. The minimum atomic E-state index is -0.377. The largest absolute Gasteiger partial charge is 0.394 e. The van der Waals surface area contributed by atoms with Gasteiger partial charge in [0.1, 0.15) is 11.4 Å². The Kier molecular flexibility index (Phi) is 7.57. The zero-order valence-electron chi connectivity index (χ0n) is 20.0. The molecule has 182 valence electrons. The molecule has 4 rings (SSSR count). The van der Waals surface area contributed by atoms with Crippen molar-refractivity contribution in [1.29, 1.82) is 0 Å². The first-order chi connectivity index (χ1) is 16.9. The second-order valence-corrected chi connectivity index (χ2v) is 9.69. The lowest BCUT2D eigenvalue weighted by molar-refractivity contribution is 0.0901. The number of rotatable bonds is 9.